The van der Waals surface area contributed by atoms with Crippen molar-refractivity contribution in [3.8, 4) is 0 Å². The molecule has 2 aliphatic carbocycles. The van der Waals surface area contributed by atoms with E-state index in [0.717, 1.165) is 38.2 Å². The van der Waals surface area contributed by atoms with Gasteiger partial charge in [0.1, 0.15) is 17.1 Å². The van der Waals surface area contributed by atoms with Gasteiger partial charge in [-0.25, -0.2) is 13.6 Å². The molecule has 0 bridgehead atoms. The van der Waals surface area contributed by atoms with Crippen LogP contribution in [0.15, 0.2) is 17.1 Å². The van der Waals surface area contributed by atoms with Gasteiger partial charge in [-0.15, -0.1) is 0 Å². The number of aromatic nitrogens is 1. The summed E-state index contributed by atoms with van der Waals surface area (Å²) in [7, 11) is 1.93. The van der Waals surface area contributed by atoms with E-state index in [1.807, 2.05) is 7.05 Å². The van der Waals surface area contributed by atoms with E-state index >= 15 is 8.78 Å². The largest absolute Gasteiger partial charge is 0.477 e. The van der Waals surface area contributed by atoms with Crippen LogP contribution in [0.2, 0.25) is 0 Å². The second-order valence-electron chi connectivity index (χ2n) is 8.89. The third-order valence-corrected chi connectivity index (χ3v) is 7.14. The summed E-state index contributed by atoms with van der Waals surface area (Å²) >= 11 is 0. The molecule has 0 radical (unpaired) electrons. The van der Waals surface area contributed by atoms with Crippen LogP contribution in [0.3, 0.4) is 0 Å². The zero-order valence-corrected chi connectivity index (χ0v) is 16.8. The predicted molar refractivity (Wildman–Crippen MR) is 109 cm³/mol. The lowest BCUT2D eigenvalue weighted by Crippen LogP contribution is -2.40. The first-order valence-corrected chi connectivity index (χ1v) is 10.6. The lowest BCUT2D eigenvalue weighted by Gasteiger charge is -2.32. The summed E-state index contributed by atoms with van der Waals surface area (Å²) in [6.45, 7) is 1.15. The first-order valence-electron chi connectivity index (χ1n) is 10.6. The molecule has 2 saturated carbocycles. The van der Waals surface area contributed by atoms with Gasteiger partial charge in [0, 0.05) is 31.4 Å². The summed E-state index contributed by atoms with van der Waals surface area (Å²) in [5, 5.41) is 12.5. The van der Waals surface area contributed by atoms with Gasteiger partial charge in [0.25, 0.3) is 0 Å². The Balaban J connectivity index is 1.66. The number of rotatable bonds is 4. The predicted octanol–water partition coefficient (Wildman–Crippen LogP) is 3.14. The molecule has 5 rings (SSSR count). The number of fused-ring (bicyclic) bond motifs is 2. The summed E-state index contributed by atoms with van der Waals surface area (Å²) < 4.78 is 32.5. The summed E-state index contributed by atoms with van der Waals surface area (Å²) in [5.74, 6) is -2.24. The third kappa shape index (κ3) is 2.92. The van der Waals surface area contributed by atoms with E-state index in [0.29, 0.717) is 31.0 Å². The second kappa shape index (κ2) is 7.04. The van der Waals surface area contributed by atoms with Crippen LogP contribution in [0.25, 0.3) is 10.9 Å². The van der Waals surface area contributed by atoms with Gasteiger partial charge in [-0.2, -0.15) is 0 Å². The summed E-state index contributed by atoms with van der Waals surface area (Å²) in [5.41, 5.74) is -1.37. The van der Waals surface area contributed by atoms with Crippen molar-refractivity contribution in [3.05, 3.63) is 39.7 Å². The molecule has 2 heterocycles. The van der Waals surface area contributed by atoms with Crippen molar-refractivity contribution in [2.75, 3.05) is 25.0 Å². The Morgan fingerprint density at radius 3 is 2.63 bits per heavy atom. The van der Waals surface area contributed by atoms with Gasteiger partial charge < -0.3 is 19.9 Å². The van der Waals surface area contributed by atoms with Gasteiger partial charge >= 0.3 is 5.97 Å². The van der Waals surface area contributed by atoms with E-state index in [2.05, 4.69) is 5.32 Å². The highest BCUT2D eigenvalue weighted by molar-refractivity contribution is 5.94. The van der Waals surface area contributed by atoms with Gasteiger partial charge in [0.15, 0.2) is 5.82 Å². The van der Waals surface area contributed by atoms with E-state index < -0.39 is 28.6 Å². The van der Waals surface area contributed by atoms with E-state index in [1.165, 1.54) is 10.8 Å². The molecular formula is C22H25F2N3O3. The molecule has 1 aromatic heterocycles. The number of carboxylic acids is 1. The van der Waals surface area contributed by atoms with Crippen molar-refractivity contribution >= 4 is 22.6 Å². The monoisotopic (exact) mass is 417 g/mol. The highest BCUT2D eigenvalue weighted by Gasteiger charge is 2.41. The van der Waals surface area contributed by atoms with Gasteiger partial charge in [-0.05, 0) is 50.6 Å². The van der Waals surface area contributed by atoms with Crippen LogP contribution < -0.4 is 15.6 Å². The van der Waals surface area contributed by atoms with Crippen LogP contribution >= 0.6 is 0 Å². The van der Waals surface area contributed by atoms with Crippen LogP contribution in [0.1, 0.15) is 48.5 Å². The van der Waals surface area contributed by atoms with E-state index in [9.17, 15) is 14.7 Å². The molecule has 30 heavy (non-hydrogen) atoms. The van der Waals surface area contributed by atoms with Gasteiger partial charge in [-0.3, -0.25) is 4.79 Å². The summed E-state index contributed by atoms with van der Waals surface area (Å²) in [6.07, 6.45) is 5.98. The lowest BCUT2D eigenvalue weighted by atomic mass is 9.78. The number of aromatic carboxylic acids is 1. The number of nitrogens with zero attached hydrogens (tertiary/aromatic N) is 2. The molecule has 1 aromatic carbocycles. The molecule has 3 aliphatic rings. The lowest BCUT2D eigenvalue weighted by molar-refractivity contribution is 0.0694. The minimum absolute atomic E-state index is 0.0175. The number of nitrogens with one attached hydrogen (secondary N) is 1. The normalized spacial score (nSPS) is 26.2. The minimum Gasteiger partial charge on any atom is -0.477 e. The Morgan fingerprint density at radius 1 is 1.20 bits per heavy atom. The Bertz CT molecular complexity index is 1100. The molecule has 6 nitrogen and oxygen atoms in total. The Morgan fingerprint density at radius 2 is 1.97 bits per heavy atom. The van der Waals surface area contributed by atoms with Crippen LogP contribution in [0.5, 0.6) is 0 Å². The fourth-order valence-electron chi connectivity index (χ4n) is 5.53. The first kappa shape index (κ1) is 19.5. The quantitative estimate of drug-likeness (QED) is 0.800. The molecule has 3 atom stereocenters. The average molecular weight is 417 g/mol. The van der Waals surface area contributed by atoms with Crippen molar-refractivity contribution in [3.63, 3.8) is 0 Å². The Hall–Kier alpha value is -2.48. The number of halogens is 2. The minimum atomic E-state index is -1.39. The third-order valence-electron chi connectivity index (χ3n) is 7.14. The summed E-state index contributed by atoms with van der Waals surface area (Å²) in [4.78, 5) is 25.9. The van der Waals surface area contributed by atoms with Gasteiger partial charge in [-0.1, -0.05) is 6.42 Å². The maximum absolute atomic E-state index is 15.8. The molecule has 2 aromatic rings. The first-order chi connectivity index (χ1) is 14.4. The molecule has 160 valence electrons. The average Bonchev–Trinajstić information content (AvgIpc) is 3.46. The van der Waals surface area contributed by atoms with Crippen molar-refractivity contribution in [2.45, 2.75) is 44.2 Å². The number of hydrogen-bond acceptors (Lipinski definition) is 4. The van der Waals surface area contributed by atoms with Crippen molar-refractivity contribution in [1.29, 1.82) is 0 Å². The molecule has 1 saturated heterocycles. The van der Waals surface area contributed by atoms with Crippen LogP contribution in [0.4, 0.5) is 14.5 Å². The molecule has 3 fully saturated rings. The van der Waals surface area contributed by atoms with Crippen LogP contribution in [-0.2, 0) is 0 Å². The summed E-state index contributed by atoms with van der Waals surface area (Å²) in [6, 6.07) is 1.30. The molecular weight excluding hydrogens is 392 g/mol. The number of carboxylic acid groups (broad SMARTS) is 1. The standard InChI is InChI=1S/C22H25F2N3O3/c1-25-17-4-2-3-11-8-26(9-14(11)17)20-16(23)7-13-19(18(20)24)27(12-5-6-12)10-15(21(13)28)22(29)30/h7,10-12,14,17,25H,2-6,8-9H2,1H3,(H,29,30)/t11-,14+,17-/m0/s1. The van der Waals surface area contributed by atoms with Crippen molar-refractivity contribution in [2.24, 2.45) is 11.8 Å². The maximum Gasteiger partial charge on any atom is 0.341 e. The number of hydrogen-bond donors (Lipinski definition) is 2. The molecule has 0 amide bonds. The highest BCUT2D eigenvalue weighted by Crippen LogP contribution is 2.43. The fourth-order valence-corrected chi connectivity index (χ4v) is 5.53. The van der Waals surface area contributed by atoms with E-state index in [-0.39, 0.29) is 22.6 Å². The second-order valence-corrected chi connectivity index (χ2v) is 8.89. The fraction of sp³-hybridized carbons (Fsp3) is 0.545. The van der Waals surface area contributed by atoms with Crippen LogP contribution in [-0.4, -0.2) is 41.8 Å². The number of carbonyl (C=O) groups is 1. The van der Waals surface area contributed by atoms with E-state index in [4.69, 9.17) is 0 Å². The van der Waals surface area contributed by atoms with Crippen LogP contribution in [0, 0.1) is 23.5 Å². The maximum atomic E-state index is 15.8. The Kier molecular flexibility index (Phi) is 4.57. The number of benzene rings is 1. The number of pyridine rings is 1. The molecule has 1 aliphatic heterocycles. The molecule has 2 N–H and O–H groups in total. The topological polar surface area (TPSA) is 74.6 Å². The van der Waals surface area contributed by atoms with Crippen molar-refractivity contribution in [1.82, 2.24) is 9.88 Å². The number of anilines is 1. The SMILES string of the molecule is CN[C@H]1CCC[C@H]2CN(c3c(F)cc4c(=O)c(C(=O)O)cn(C5CC5)c4c3F)C[C@H]21. The van der Waals surface area contributed by atoms with Gasteiger partial charge in [0.05, 0.1) is 10.9 Å². The smallest absolute Gasteiger partial charge is 0.341 e. The zero-order chi connectivity index (χ0) is 21.2. The van der Waals surface area contributed by atoms with Crippen molar-refractivity contribution < 1.29 is 18.7 Å². The Labute approximate surface area is 172 Å². The zero-order valence-electron chi connectivity index (χ0n) is 16.8. The van der Waals surface area contributed by atoms with Gasteiger partial charge in [0.2, 0.25) is 5.43 Å². The highest BCUT2D eigenvalue weighted by atomic mass is 19.1. The molecule has 0 unspecified atom stereocenters. The van der Waals surface area contributed by atoms with E-state index in [1.54, 1.807) is 4.90 Å². The molecule has 0 spiro atoms. The molecule has 8 heteroatoms.